The van der Waals surface area contributed by atoms with Crippen molar-refractivity contribution in [2.24, 2.45) is 5.92 Å². The van der Waals surface area contributed by atoms with Gasteiger partial charge >= 0.3 is 0 Å². The number of halogens is 1. The Bertz CT molecular complexity index is 1310. The van der Waals surface area contributed by atoms with Gasteiger partial charge in [0.1, 0.15) is 0 Å². The quantitative estimate of drug-likeness (QED) is 0.0770. The van der Waals surface area contributed by atoms with Crippen molar-refractivity contribution in [2.45, 2.75) is 143 Å². The fraction of sp³-hybridized carbons (Fsp3) is 0.667. The number of nitrogens with zero attached hydrogens (tertiary/aromatic N) is 1. The first-order chi connectivity index (χ1) is 21.0. The summed E-state index contributed by atoms with van der Waals surface area (Å²) in [5.41, 5.74) is 2.68. The summed E-state index contributed by atoms with van der Waals surface area (Å²) in [5.74, 6) is 0.211. The van der Waals surface area contributed by atoms with Crippen LogP contribution >= 0.6 is 49.9 Å². The monoisotopic (exact) mass is 705 g/mol. The van der Waals surface area contributed by atoms with Crippen LogP contribution in [0.3, 0.4) is 0 Å². The molecular weight excluding hydrogens is 655 g/mol. The number of thiophene rings is 3. The molecule has 1 aliphatic heterocycles. The molecule has 4 rings (SSSR count). The van der Waals surface area contributed by atoms with E-state index in [-0.39, 0.29) is 11.8 Å². The molecule has 2 amide bonds. The molecule has 0 radical (unpaired) electrons. The van der Waals surface area contributed by atoms with Crippen LogP contribution in [0.1, 0.15) is 163 Å². The maximum Gasteiger partial charge on any atom is 0.263 e. The van der Waals surface area contributed by atoms with Gasteiger partial charge in [-0.3, -0.25) is 14.5 Å². The SMILES string of the molecule is CCCCCCCCc1csc2cc(-c3sc(Br)c4c3C(=O)N(CC(CCCCCC)CCCCCCCC)C4=O)sc12. The maximum atomic E-state index is 13.9. The van der Waals surface area contributed by atoms with Crippen molar-refractivity contribution in [1.29, 1.82) is 0 Å². The molecule has 0 aliphatic carbocycles. The van der Waals surface area contributed by atoms with Gasteiger partial charge in [-0.1, -0.05) is 117 Å². The molecular formula is C36H52BrNO2S3. The molecule has 1 atom stereocenters. The summed E-state index contributed by atoms with van der Waals surface area (Å²) >= 11 is 8.87. The van der Waals surface area contributed by atoms with Crippen LogP contribution in [0.4, 0.5) is 0 Å². The van der Waals surface area contributed by atoms with Crippen LogP contribution in [0.15, 0.2) is 15.2 Å². The zero-order valence-electron chi connectivity index (χ0n) is 26.7. The van der Waals surface area contributed by atoms with E-state index in [1.807, 2.05) is 11.3 Å². The number of fused-ring (bicyclic) bond motifs is 2. The highest BCUT2D eigenvalue weighted by Crippen LogP contribution is 2.49. The first-order valence-corrected chi connectivity index (χ1v) is 20.5. The molecule has 3 aromatic rings. The van der Waals surface area contributed by atoms with Crippen molar-refractivity contribution < 1.29 is 9.59 Å². The van der Waals surface area contributed by atoms with Gasteiger partial charge in [-0.25, -0.2) is 0 Å². The Kier molecular flexibility index (Phi) is 14.8. The highest BCUT2D eigenvalue weighted by Gasteiger charge is 2.42. The van der Waals surface area contributed by atoms with Gasteiger partial charge in [-0.2, -0.15) is 0 Å². The first kappa shape index (κ1) is 34.8. The Labute approximate surface area is 281 Å². The minimum atomic E-state index is -0.0991. The Morgan fingerprint density at radius 2 is 1.28 bits per heavy atom. The van der Waals surface area contributed by atoms with E-state index in [2.05, 4.69) is 48.1 Å². The van der Waals surface area contributed by atoms with E-state index in [0.717, 1.165) is 32.8 Å². The van der Waals surface area contributed by atoms with Gasteiger partial charge in [-0.05, 0) is 64.5 Å². The van der Waals surface area contributed by atoms with E-state index in [4.69, 9.17) is 0 Å². The third-order valence-electron chi connectivity index (χ3n) is 9.00. The van der Waals surface area contributed by atoms with Crippen molar-refractivity contribution in [1.82, 2.24) is 4.90 Å². The van der Waals surface area contributed by atoms with Gasteiger partial charge in [0.2, 0.25) is 0 Å². The second kappa shape index (κ2) is 18.2. The van der Waals surface area contributed by atoms with E-state index < -0.39 is 0 Å². The van der Waals surface area contributed by atoms with E-state index in [1.165, 1.54) is 118 Å². The van der Waals surface area contributed by atoms with Gasteiger partial charge in [0.05, 0.1) is 19.8 Å². The molecule has 43 heavy (non-hydrogen) atoms. The molecule has 0 N–H and O–H groups in total. The minimum absolute atomic E-state index is 0.0810. The zero-order chi connectivity index (χ0) is 30.6. The lowest BCUT2D eigenvalue weighted by Crippen LogP contribution is -2.35. The standard InChI is InChI=1S/C36H52BrNO2S3/c1-4-7-10-13-15-18-21-26(20-17-12-9-6-3)24-38-35(39)30-31(36(38)40)34(37)43-33(30)29-23-28-32(42-29)27(25-41-28)22-19-16-14-11-8-5-2/h23,25-26H,4-22,24H2,1-3H3. The van der Waals surface area contributed by atoms with Gasteiger partial charge < -0.3 is 0 Å². The lowest BCUT2D eigenvalue weighted by atomic mass is 9.93. The Hall–Kier alpha value is -1.02. The maximum absolute atomic E-state index is 13.9. The summed E-state index contributed by atoms with van der Waals surface area (Å²) in [4.78, 5) is 31.3. The molecule has 0 saturated heterocycles. The van der Waals surface area contributed by atoms with E-state index in [0.29, 0.717) is 23.6 Å². The van der Waals surface area contributed by atoms with Gasteiger partial charge in [-0.15, -0.1) is 34.0 Å². The second-order valence-electron chi connectivity index (χ2n) is 12.5. The van der Waals surface area contributed by atoms with Crippen molar-refractivity contribution in [3.05, 3.63) is 31.9 Å². The molecule has 1 unspecified atom stereocenters. The summed E-state index contributed by atoms with van der Waals surface area (Å²) in [6.07, 6.45) is 23.8. The molecule has 3 aromatic heterocycles. The molecule has 0 saturated carbocycles. The number of carbonyl (C=O) groups excluding carboxylic acids is 2. The summed E-state index contributed by atoms with van der Waals surface area (Å²) in [5, 5.41) is 2.33. The van der Waals surface area contributed by atoms with Crippen LogP contribution in [-0.4, -0.2) is 23.3 Å². The Balaban J connectivity index is 1.45. The fourth-order valence-corrected chi connectivity index (χ4v) is 10.8. The van der Waals surface area contributed by atoms with Crippen LogP contribution in [0, 0.1) is 5.92 Å². The van der Waals surface area contributed by atoms with Gasteiger partial charge in [0, 0.05) is 20.8 Å². The predicted molar refractivity (Wildman–Crippen MR) is 193 cm³/mol. The fourth-order valence-electron chi connectivity index (χ4n) is 6.41. The summed E-state index contributed by atoms with van der Waals surface area (Å²) in [7, 11) is 0. The Morgan fingerprint density at radius 1 is 0.721 bits per heavy atom. The van der Waals surface area contributed by atoms with E-state index in [1.54, 1.807) is 27.6 Å². The number of hydrogen-bond acceptors (Lipinski definition) is 5. The van der Waals surface area contributed by atoms with Crippen molar-refractivity contribution in [2.75, 3.05) is 6.54 Å². The molecule has 0 spiro atoms. The number of hydrogen-bond donors (Lipinski definition) is 0. The smallest absolute Gasteiger partial charge is 0.263 e. The van der Waals surface area contributed by atoms with Gasteiger partial charge in [0.25, 0.3) is 11.8 Å². The highest BCUT2D eigenvalue weighted by molar-refractivity contribution is 9.11. The lowest BCUT2D eigenvalue weighted by molar-refractivity contribution is 0.0621. The minimum Gasteiger partial charge on any atom is -0.274 e. The molecule has 0 bridgehead atoms. The molecule has 4 heterocycles. The number of aryl methyl sites for hydroxylation is 1. The number of unbranched alkanes of at least 4 members (excludes halogenated alkanes) is 13. The van der Waals surface area contributed by atoms with Crippen LogP contribution in [0.5, 0.6) is 0 Å². The number of carbonyl (C=O) groups is 2. The molecule has 3 nitrogen and oxygen atoms in total. The molecule has 7 heteroatoms. The van der Waals surface area contributed by atoms with Crippen LogP contribution in [-0.2, 0) is 6.42 Å². The lowest BCUT2D eigenvalue weighted by Gasteiger charge is -2.23. The number of amides is 2. The van der Waals surface area contributed by atoms with Crippen molar-refractivity contribution in [3.8, 4) is 9.75 Å². The van der Waals surface area contributed by atoms with Crippen LogP contribution in [0.2, 0.25) is 0 Å². The normalized spacial score (nSPS) is 14.0. The Morgan fingerprint density at radius 3 is 1.93 bits per heavy atom. The average Bonchev–Trinajstić information content (AvgIpc) is 3.73. The second-order valence-corrected chi connectivity index (χ2v) is 16.8. The van der Waals surface area contributed by atoms with E-state index in [9.17, 15) is 9.59 Å². The third kappa shape index (κ3) is 9.26. The van der Waals surface area contributed by atoms with Crippen LogP contribution in [0.25, 0.3) is 19.2 Å². The molecule has 1 aliphatic rings. The third-order valence-corrected chi connectivity index (χ3v) is 13.4. The van der Waals surface area contributed by atoms with E-state index >= 15 is 0 Å². The average molecular weight is 707 g/mol. The first-order valence-electron chi connectivity index (χ1n) is 17.2. The summed E-state index contributed by atoms with van der Waals surface area (Å²) in [6, 6.07) is 2.25. The summed E-state index contributed by atoms with van der Waals surface area (Å²) in [6.45, 7) is 7.33. The molecule has 0 aromatic carbocycles. The molecule has 0 fully saturated rings. The zero-order valence-corrected chi connectivity index (χ0v) is 30.8. The predicted octanol–water partition coefficient (Wildman–Crippen LogP) is 13.3. The van der Waals surface area contributed by atoms with Gasteiger partial charge in [0.15, 0.2) is 0 Å². The van der Waals surface area contributed by atoms with Crippen molar-refractivity contribution in [3.63, 3.8) is 0 Å². The van der Waals surface area contributed by atoms with Crippen LogP contribution < -0.4 is 0 Å². The van der Waals surface area contributed by atoms with Crippen molar-refractivity contribution >= 4 is 71.2 Å². The molecule has 238 valence electrons. The number of imide groups is 1. The summed E-state index contributed by atoms with van der Waals surface area (Å²) < 4.78 is 3.48. The highest BCUT2D eigenvalue weighted by atomic mass is 79.9. The largest absolute Gasteiger partial charge is 0.274 e. The number of rotatable bonds is 22. The topological polar surface area (TPSA) is 37.4 Å².